The number of hydrogen-bond donors (Lipinski definition) is 8. The number of H-pyrrole nitrogens is 1. The van der Waals surface area contributed by atoms with Crippen LogP contribution in [0.5, 0.6) is 0 Å². The molecule has 0 spiro atoms. The number of likely N-dealkylation sites (N-methyl/N-ethyl adjacent to an activating group) is 1. The number of aliphatic imine (C=N–C) groups is 2. The second kappa shape index (κ2) is 25.9. The molecule has 0 saturated heterocycles. The number of carboxylic acids is 1. The molecule has 5 heterocycles. The van der Waals surface area contributed by atoms with Crippen molar-refractivity contribution in [3.05, 3.63) is 155 Å². The van der Waals surface area contributed by atoms with Crippen molar-refractivity contribution in [1.29, 1.82) is 0 Å². The number of allylic oxidation sites excluding steroid dienone is 3. The third kappa shape index (κ3) is 14.8. The summed E-state index contributed by atoms with van der Waals surface area (Å²) >= 11 is 0. The Labute approximate surface area is 453 Å². The molecule has 0 radical (unpaired) electrons. The number of pyridine rings is 2. The molecular weight excluding hydrogens is 989 g/mol. The number of guanidine groups is 1. The van der Waals surface area contributed by atoms with E-state index in [-0.39, 0.29) is 61.2 Å². The Morgan fingerprint density at radius 2 is 1.67 bits per heavy atom. The molecule has 9 N–H and O–H groups in total. The highest BCUT2D eigenvalue weighted by molar-refractivity contribution is 5.99. The predicted molar refractivity (Wildman–Crippen MR) is 303 cm³/mol. The summed E-state index contributed by atoms with van der Waals surface area (Å²) in [6, 6.07) is 16.7. The number of carboxylic acid groups (broad SMARTS) is 1. The molecule has 2 aromatic carbocycles. The van der Waals surface area contributed by atoms with Crippen molar-refractivity contribution in [3.8, 4) is 22.4 Å². The third-order valence-corrected chi connectivity index (χ3v) is 13.3. The molecule has 5 aromatic rings. The van der Waals surface area contributed by atoms with Crippen LogP contribution in [0.1, 0.15) is 55.9 Å². The number of nitrogens with one attached hydrogen (secondary N) is 6. The summed E-state index contributed by atoms with van der Waals surface area (Å²) in [4.78, 5) is 80.5. The number of esters is 1. The maximum absolute atomic E-state index is 13.3. The lowest BCUT2D eigenvalue weighted by atomic mass is 9.77. The van der Waals surface area contributed by atoms with Crippen LogP contribution in [0.15, 0.2) is 142 Å². The van der Waals surface area contributed by atoms with E-state index in [1.165, 1.54) is 0 Å². The minimum absolute atomic E-state index is 0.0468. The molecule has 20 nitrogen and oxygen atoms in total. The Bertz CT molecular complexity index is 3240. The van der Waals surface area contributed by atoms with Gasteiger partial charge in [0, 0.05) is 92.4 Å². The number of imidazole rings is 1. The molecular formula is C58H68N14O6. The van der Waals surface area contributed by atoms with E-state index >= 15 is 0 Å². The fourth-order valence-electron chi connectivity index (χ4n) is 9.82. The fraction of sp³-hybridized carbons (Fsp3) is 0.328. The highest BCUT2D eigenvalue weighted by atomic mass is 16.5. The summed E-state index contributed by atoms with van der Waals surface area (Å²) in [5.41, 5.74) is 17.4. The van der Waals surface area contributed by atoms with Crippen LogP contribution in [0.25, 0.3) is 33.4 Å². The quantitative estimate of drug-likeness (QED) is 0.0268. The van der Waals surface area contributed by atoms with Crippen molar-refractivity contribution < 1.29 is 29.0 Å². The molecule has 4 atom stereocenters. The lowest BCUT2D eigenvalue weighted by Crippen LogP contribution is -2.43. The summed E-state index contributed by atoms with van der Waals surface area (Å²) in [5.74, 6) is -0.716. The molecule has 0 bridgehead atoms. The Kier molecular flexibility index (Phi) is 18.4. The first-order valence-corrected chi connectivity index (χ1v) is 26.0. The number of hydrogen-bond acceptors (Lipinski definition) is 14. The zero-order chi connectivity index (χ0) is 55.3. The van der Waals surface area contributed by atoms with E-state index in [1.807, 2.05) is 95.8 Å². The average Bonchev–Trinajstić information content (AvgIpc) is 4.02. The van der Waals surface area contributed by atoms with Gasteiger partial charge >= 0.3 is 24.0 Å². The van der Waals surface area contributed by atoms with Crippen LogP contribution in [0.3, 0.4) is 0 Å². The van der Waals surface area contributed by atoms with Gasteiger partial charge in [0.15, 0.2) is 0 Å². The molecule has 406 valence electrons. The van der Waals surface area contributed by atoms with Gasteiger partial charge in [-0.15, -0.1) is 0 Å². The van der Waals surface area contributed by atoms with Crippen molar-refractivity contribution in [3.63, 3.8) is 0 Å². The van der Waals surface area contributed by atoms with Crippen LogP contribution in [0.2, 0.25) is 0 Å². The monoisotopic (exact) mass is 1060 g/mol. The van der Waals surface area contributed by atoms with Crippen molar-refractivity contribution in [2.24, 2.45) is 33.5 Å². The van der Waals surface area contributed by atoms with E-state index in [0.29, 0.717) is 66.4 Å². The number of aliphatic carboxylic acids is 1. The molecule has 78 heavy (non-hydrogen) atoms. The Balaban J connectivity index is 0.881. The first kappa shape index (κ1) is 55.5. The SMILES string of the molecule is CCNC(=O)NC1=NC2C(=CC(C3C=NC=C(CC(=O)OCc4ccc(CN(C)Cc5ccnc(-c6cc(-c7cncc(CC(=O)O)c7)cc7[nH]c(NC(=O)NCC)nc67)c5)cc4)C3)=CC2C(C)/C=C(\C=C/N)CN(C)C)N1. The van der Waals surface area contributed by atoms with Crippen LogP contribution in [0, 0.1) is 17.8 Å². The number of amides is 4. The van der Waals surface area contributed by atoms with E-state index in [9.17, 15) is 24.3 Å². The van der Waals surface area contributed by atoms with Crippen LogP contribution in [-0.4, -0.2) is 118 Å². The molecule has 1 aliphatic carbocycles. The Hall–Kier alpha value is -8.75. The number of fused-ring (bicyclic) bond motifs is 2. The molecule has 2 aliphatic heterocycles. The summed E-state index contributed by atoms with van der Waals surface area (Å²) < 4.78 is 5.80. The van der Waals surface area contributed by atoms with Crippen LogP contribution in [0.4, 0.5) is 15.5 Å². The molecule has 3 aliphatic rings. The highest BCUT2D eigenvalue weighted by Crippen LogP contribution is 2.38. The third-order valence-electron chi connectivity index (χ3n) is 13.3. The highest BCUT2D eigenvalue weighted by Gasteiger charge is 2.37. The summed E-state index contributed by atoms with van der Waals surface area (Å²) in [7, 11) is 6.07. The average molecular weight is 1060 g/mol. The number of carbonyl (C=O) groups excluding carboxylic acids is 3. The number of nitrogens with two attached hydrogens (primary N) is 1. The fourth-order valence-corrected chi connectivity index (χ4v) is 9.82. The predicted octanol–water partition coefficient (Wildman–Crippen LogP) is 7.18. The molecule has 4 amide bonds. The topological polar surface area (TPSA) is 270 Å². The zero-order valence-corrected chi connectivity index (χ0v) is 44.8. The Morgan fingerprint density at radius 3 is 2.41 bits per heavy atom. The van der Waals surface area contributed by atoms with Gasteiger partial charge in [0.2, 0.25) is 11.9 Å². The Morgan fingerprint density at radius 1 is 0.910 bits per heavy atom. The van der Waals surface area contributed by atoms with Gasteiger partial charge in [-0.1, -0.05) is 43.3 Å². The number of carbonyl (C=O) groups is 4. The first-order chi connectivity index (χ1) is 37.6. The maximum Gasteiger partial charge on any atom is 0.321 e. The number of urea groups is 2. The van der Waals surface area contributed by atoms with Crippen molar-refractivity contribution in [2.45, 2.75) is 65.8 Å². The second-order valence-corrected chi connectivity index (χ2v) is 20.0. The van der Waals surface area contributed by atoms with E-state index in [4.69, 9.17) is 25.4 Å². The van der Waals surface area contributed by atoms with Gasteiger partial charge in [-0.05, 0) is 141 Å². The lowest BCUT2D eigenvalue weighted by Gasteiger charge is -2.31. The van der Waals surface area contributed by atoms with E-state index in [2.05, 4.69) is 76.5 Å². The number of nitrogens with zero attached hydrogens (tertiary/aromatic N) is 7. The number of anilines is 1. The second-order valence-electron chi connectivity index (χ2n) is 20.0. The molecule has 0 fully saturated rings. The van der Waals surface area contributed by atoms with Gasteiger partial charge in [-0.2, -0.15) is 0 Å². The normalized spacial score (nSPS) is 17.4. The van der Waals surface area contributed by atoms with Gasteiger partial charge in [0.1, 0.15) is 12.6 Å². The van der Waals surface area contributed by atoms with Gasteiger partial charge in [-0.25, -0.2) is 19.6 Å². The lowest BCUT2D eigenvalue weighted by molar-refractivity contribution is -0.144. The summed E-state index contributed by atoms with van der Waals surface area (Å²) in [6.07, 6.45) is 19.2. The van der Waals surface area contributed by atoms with Gasteiger partial charge < -0.3 is 41.4 Å². The van der Waals surface area contributed by atoms with Crippen molar-refractivity contribution in [1.82, 2.24) is 51.0 Å². The van der Waals surface area contributed by atoms with E-state index in [1.54, 1.807) is 37.1 Å². The van der Waals surface area contributed by atoms with Gasteiger partial charge in [-0.3, -0.25) is 40.1 Å². The van der Waals surface area contributed by atoms with Crippen LogP contribution >= 0.6 is 0 Å². The molecule has 3 aromatic heterocycles. The summed E-state index contributed by atoms with van der Waals surface area (Å²) in [6.45, 7) is 8.88. The molecule has 20 heteroatoms. The number of aromatic amines is 1. The van der Waals surface area contributed by atoms with Crippen molar-refractivity contribution >= 4 is 53.2 Å². The minimum atomic E-state index is -0.952. The zero-order valence-electron chi connectivity index (χ0n) is 44.8. The van der Waals surface area contributed by atoms with E-state index < -0.39 is 12.0 Å². The standard InChI is InChI=1S/C58H68N14O6/c1-7-62-57(76)69-55-65-49-25-42(23-46(53(49)67-55)35(3)17-38(13-15-59)31-71(4)5)45-19-41(28-61-30-45)22-52(75)78-34-37-11-9-36(10-12-37)32-72(6)33-39-14-16-64-48(20-39)47-24-43(44-18-40(21-51(73)74)27-60-29-44)26-50-54(47)68-56(66-50)70-58(77)63-8-2/h9-18,20,23-30,35,45-46,53H,7-8,19,21-22,31-34,59H2,1-6H3,(H,73,74)(H3,62,65,67,69,76)(H3,63,66,68,70,77)/b15-13-,38-17+. The van der Waals surface area contributed by atoms with Crippen molar-refractivity contribution in [2.75, 3.05) is 46.1 Å². The number of rotatable bonds is 21. The number of aromatic nitrogens is 4. The molecule has 4 unspecified atom stereocenters. The number of ether oxygens (including phenoxy) is 1. The van der Waals surface area contributed by atoms with Crippen LogP contribution < -0.4 is 32.3 Å². The minimum Gasteiger partial charge on any atom is -0.481 e. The summed E-state index contributed by atoms with van der Waals surface area (Å²) in [5, 5.41) is 23.8. The smallest absolute Gasteiger partial charge is 0.321 e. The molecule has 8 rings (SSSR count). The number of benzene rings is 2. The van der Waals surface area contributed by atoms with Crippen LogP contribution in [-0.2, 0) is 40.4 Å². The molecule has 0 saturated carbocycles. The first-order valence-electron chi connectivity index (χ1n) is 26.0. The maximum atomic E-state index is 13.3. The largest absolute Gasteiger partial charge is 0.481 e. The van der Waals surface area contributed by atoms with Gasteiger partial charge in [0.05, 0.1) is 29.6 Å². The van der Waals surface area contributed by atoms with Gasteiger partial charge in [0.25, 0.3) is 0 Å². The van der Waals surface area contributed by atoms with E-state index in [0.717, 1.165) is 56.8 Å².